The molecule has 5 heteroatoms. The van der Waals surface area contributed by atoms with Crippen molar-refractivity contribution in [1.29, 1.82) is 0 Å². The van der Waals surface area contributed by atoms with Gasteiger partial charge < -0.3 is 10.2 Å². The SMILES string of the molecule is CC1NCCN(C(=O)Cc2ccc(F)cc2)C1C.Cl. The minimum Gasteiger partial charge on any atom is -0.337 e. The summed E-state index contributed by atoms with van der Waals surface area (Å²) < 4.78 is 12.8. The van der Waals surface area contributed by atoms with Crippen LogP contribution in [0, 0.1) is 5.82 Å². The van der Waals surface area contributed by atoms with E-state index in [0.717, 1.165) is 18.7 Å². The number of piperazine rings is 1. The smallest absolute Gasteiger partial charge is 0.227 e. The number of hydrogen-bond acceptors (Lipinski definition) is 2. The monoisotopic (exact) mass is 286 g/mol. The number of halogens is 2. The molecule has 1 aliphatic heterocycles. The van der Waals surface area contributed by atoms with Gasteiger partial charge in [-0.1, -0.05) is 12.1 Å². The predicted octanol–water partition coefficient (Wildman–Crippen LogP) is 2.00. The van der Waals surface area contributed by atoms with Crippen LogP contribution in [0.2, 0.25) is 0 Å². The fourth-order valence-corrected chi connectivity index (χ4v) is 2.29. The molecule has 1 heterocycles. The van der Waals surface area contributed by atoms with Gasteiger partial charge in [-0.2, -0.15) is 0 Å². The molecule has 106 valence electrons. The molecule has 0 bridgehead atoms. The van der Waals surface area contributed by atoms with Crippen molar-refractivity contribution in [1.82, 2.24) is 10.2 Å². The first kappa shape index (κ1) is 15.9. The summed E-state index contributed by atoms with van der Waals surface area (Å²) >= 11 is 0. The van der Waals surface area contributed by atoms with Crippen LogP contribution >= 0.6 is 12.4 Å². The van der Waals surface area contributed by atoms with Crippen molar-refractivity contribution in [3.8, 4) is 0 Å². The standard InChI is InChI=1S/C14H19FN2O.ClH/c1-10-11(2)17(8-7-16-10)14(18)9-12-3-5-13(15)6-4-12;/h3-6,10-11,16H,7-9H2,1-2H3;1H. The molecule has 0 aromatic heterocycles. The third-order valence-electron chi connectivity index (χ3n) is 3.62. The van der Waals surface area contributed by atoms with E-state index in [1.165, 1.54) is 12.1 Å². The third kappa shape index (κ3) is 3.91. The molecule has 0 radical (unpaired) electrons. The van der Waals surface area contributed by atoms with Gasteiger partial charge in [-0.15, -0.1) is 12.4 Å². The van der Waals surface area contributed by atoms with Crippen LogP contribution in [0.4, 0.5) is 4.39 Å². The van der Waals surface area contributed by atoms with E-state index in [9.17, 15) is 9.18 Å². The Morgan fingerprint density at radius 2 is 2.00 bits per heavy atom. The van der Waals surface area contributed by atoms with E-state index in [0.29, 0.717) is 12.5 Å². The van der Waals surface area contributed by atoms with Gasteiger partial charge in [-0.05, 0) is 31.5 Å². The summed E-state index contributed by atoms with van der Waals surface area (Å²) in [7, 11) is 0. The van der Waals surface area contributed by atoms with Crippen LogP contribution in [-0.2, 0) is 11.2 Å². The van der Waals surface area contributed by atoms with Crippen LogP contribution in [0.15, 0.2) is 24.3 Å². The number of carbonyl (C=O) groups is 1. The summed E-state index contributed by atoms with van der Waals surface area (Å²) in [6.45, 7) is 5.72. The summed E-state index contributed by atoms with van der Waals surface area (Å²) in [6, 6.07) is 6.65. The van der Waals surface area contributed by atoms with Crippen LogP contribution in [0.1, 0.15) is 19.4 Å². The summed E-state index contributed by atoms with van der Waals surface area (Å²) in [5, 5.41) is 3.34. The van der Waals surface area contributed by atoms with Crippen LogP contribution in [-0.4, -0.2) is 36.0 Å². The minimum absolute atomic E-state index is 0. The molecule has 3 nitrogen and oxygen atoms in total. The van der Waals surface area contributed by atoms with E-state index >= 15 is 0 Å². The van der Waals surface area contributed by atoms with Gasteiger partial charge in [0.25, 0.3) is 0 Å². The first-order valence-electron chi connectivity index (χ1n) is 6.35. The molecule has 1 aliphatic rings. The van der Waals surface area contributed by atoms with E-state index in [1.807, 2.05) is 4.90 Å². The number of amides is 1. The van der Waals surface area contributed by atoms with Crippen LogP contribution in [0.25, 0.3) is 0 Å². The van der Waals surface area contributed by atoms with Gasteiger partial charge in [0.15, 0.2) is 0 Å². The second-order valence-electron chi connectivity index (χ2n) is 4.87. The summed E-state index contributed by atoms with van der Waals surface area (Å²) in [6.07, 6.45) is 0.345. The minimum atomic E-state index is -0.268. The van der Waals surface area contributed by atoms with Crippen molar-refractivity contribution in [3.63, 3.8) is 0 Å². The van der Waals surface area contributed by atoms with Gasteiger partial charge in [0.05, 0.1) is 6.42 Å². The number of nitrogens with one attached hydrogen (secondary N) is 1. The Hall–Kier alpha value is -1.13. The zero-order chi connectivity index (χ0) is 13.1. The van der Waals surface area contributed by atoms with Gasteiger partial charge in [0.1, 0.15) is 5.82 Å². The van der Waals surface area contributed by atoms with Crippen molar-refractivity contribution in [3.05, 3.63) is 35.6 Å². The molecular formula is C14H20ClFN2O. The topological polar surface area (TPSA) is 32.3 Å². The van der Waals surface area contributed by atoms with Crippen molar-refractivity contribution in [2.75, 3.05) is 13.1 Å². The van der Waals surface area contributed by atoms with Crippen LogP contribution in [0.3, 0.4) is 0 Å². The molecule has 19 heavy (non-hydrogen) atoms. The third-order valence-corrected chi connectivity index (χ3v) is 3.62. The lowest BCUT2D eigenvalue weighted by Crippen LogP contribution is -2.57. The van der Waals surface area contributed by atoms with Crippen molar-refractivity contribution >= 4 is 18.3 Å². The lowest BCUT2D eigenvalue weighted by molar-refractivity contribution is -0.134. The predicted molar refractivity (Wildman–Crippen MR) is 76.0 cm³/mol. The number of rotatable bonds is 2. The Morgan fingerprint density at radius 3 is 2.63 bits per heavy atom. The van der Waals surface area contributed by atoms with Crippen molar-refractivity contribution < 1.29 is 9.18 Å². The molecule has 1 amide bonds. The van der Waals surface area contributed by atoms with Crippen molar-refractivity contribution in [2.45, 2.75) is 32.4 Å². The second-order valence-corrected chi connectivity index (χ2v) is 4.87. The first-order chi connectivity index (χ1) is 8.58. The molecule has 0 saturated carbocycles. The normalized spacial score (nSPS) is 22.8. The fourth-order valence-electron chi connectivity index (χ4n) is 2.29. The lowest BCUT2D eigenvalue weighted by atomic mass is 10.1. The van der Waals surface area contributed by atoms with Crippen LogP contribution < -0.4 is 5.32 Å². The zero-order valence-corrected chi connectivity index (χ0v) is 12.0. The maximum Gasteiger partial charge on any atom is 0.227 e. The molecule has 1 fully saturated rings. The number of hydrogen-bond donors (Lipinski definition) is 1. The Labute approximate surface area is 119 Å². The molecule has 2 unspecified atom stereocenters. The highest BCUT2D eigenvalue weighted by Gasteiger charge is 2.27. The maximum atomic E-state index is 12.8. The molecule has 0 spiro atoms. The largest absolute Gasteiger partial charge is 0.337 e. The molecule has 2 rings (SSSR count). The number of carbonyl (C=O) groups excluding carboxylic acids is 1. The lowest BCUT2D eigenvalue weighted by Gasteiger charge is -2.38. The summed E-state index contributed by atoms with van der Waals surface area (Å²) in [5.41, 5.74) is 0.861. The molecule has 2 atom stereocenters. The second kappa shape index (κ2) is 6.87. The Balaban J connectivity index is 0.00000180. The molecule has 1 aromatic carbocycles. The molecule has 1 saturated heterocycles. The Kier molecular flexibility index (Phi) is 5.76. The van der Waals surface area contributed by atoms with Gasteiger partial charge in [0.2, 0.25) is 5.91 Å². The van der Waals surface area contributed by atoms with Gasteiger partial charge in [0, 0.05) is 25.2 Å². The molecule has 1 N–H and O–H groups in total. The van der Waals surface area contributed by atoms with Gasteiger partial charge >= 0.3 is 0 Å². The molecular weight excluding hydrogens is 267 g/mol. The fraction of sp³-hybridized carbons (Fsp3) is 0.500. The Morgan fingerprint density at radius 1 is 1.37 bits per heavy atom. The highest BCUT2D eigenvalue weighted by molar-refractivity contribution is 5.85. The van der Waals surface area contributed by atoms with E-state index in [1.54, 1.807) is 12.1 Å². The average Bonchev–Trinajstić information content (AvgIpc) is 2.35. The highest BCUT2D eigenvalue weighted by Crippen LogP contribution is 2.12. The number of benzene rings is 1. The summed E-state index contributed by atoms with van der Waals surface area (Å²) in [5.74, 6) is -0.155. The van der Waals surface area contributed by atoms with Crippen LogP contribution in [0.5, 0.6) is 0 Å². The first-order valence-corrected chi connectivity index (χ1v) is 6.35. The van der Waals surface area contributed by atoms with E-state index in [2.05, 4.69) is 19.2 Å². The zero-order valence-electron chi connectivity index (χ0n) is 11.2. The van der Waals surface area contributed by atoms with E-state index < -0.39 is 0 Å². The van der Waals surface area contributed by atoms with Gasteiger partial charge in [-0.3, -0.25) is 4.79 Å². The van der Waals surface area contributed by atoms with E-state index in [-0.39, 0.29) is 30.2 Å². The Bertz CT molecular complexity index is 424. The van der Waals surface area contributed by atoms with E-state index in [4.69, 9.17) is 0 Å². The maximum absolute atomic E-state index is 12.8. The number of nitrogens with zero attached hydrogens (tertiary/aromatic N) is 1. The van der Waals surface area contributed by atoms with Gasteiger partial charge in [-0.25, -0.2) is 4.39 Å². The quantitative estimate of drug-likeness (QED) is 0.902. The molecule has 1 aromatic rings. The van der Waals surface area contributed by atoms with Crippen molar-refractivity contribution in [2.24, 2.45) is 0 Å². The molecule has 0 aliphatic carbocycles. The highest BCUT2D eigenvalue weighted by atomic mass is 35.5. The average molecular weight is 287 g/mol. The summed E-state index contributed by atoms with van der Waals surface area (Å²) in [4.78, 5) is 14.1.